The van der Waals surface area contributed by atoms with Gasteiger partial charge in [0.15, 0.2) is 5.78 Å². The number of Topliss-reactive ketones (excluding diaryl/α,β-unsaturated/α-hetero) is 1. The average molecular weight is 299 g/mol. The molecule has 0 saturated heterocycles. The van der Waals surface area contributed by atoms with Crippen molar-refractivity contribution in [2.24, 2.45) is 0 Å². The molecule has 0 radical (unpaired) electrons. The lowest BCUT2D eigenvalue weighted by Crippen LogP contribution is -2.37. The minimum Gasteiger partial charge on any atom is -0.362 e. The van der Waals surface area contributed by atoms with Crippen LogP contribution in [0.3, 0.4) is 0 Å². The summed E-state index contributed by atoms with van der Waals surface area (Å²) in [4.78, 5) is 17.8. The number of nitrogens with zero attached hydrogens (tertiary/aromatic N) is 4. The molecule has 1 N–H and O–H groups in total. The van der Waals surface area contributed by atoms with Crippen molar-refractivity contribution in [3.8, 4) is 0 Å². The van der Waals surface area contributed by atoms with Gasteiger partial charge in [-0.15, -0.1) is 10.2 Å². The molecule has 2 aromatic heterocycles. The molecule has 1 fully saturated rings. The van der Waals surface area contributed by atoms with E-state index in [0.29, 0.717) is 19.0 Å². The summed E-state index contributed by atoms with van der Waals surface area (Å²) in [7, 11) is 0. The number of aromatic nitrogens is 4. The molecule has 0 bridgehead atoms. The van der Waals surface area contributed by atoms with Crippen molar-refractivity contribution >= 4 is 5.78 Å². The molecular formula is C16H21N5O. The molecule has 1 aliphatic carbocycles. The minimum absolute atomic E-state index is 0.178. The monoisotopic (exact) mass is 299 g/mol. The first kappa shape index (κ1) is 13.7. The molecule has 1 saturated carbocycles. The third kappa shape index (κ3) is 2.37. The molecule has 0 spiro atoms. The molecule has 22 heavy (non-hydrogen) atoms. The normalized spacial score (nSPS) is 18.5. The zero-order valence-electron chi connectivity index (χ0n) is 13.1. The average Bonchev–Trinajstić information content (AvgIpc) is 3.15. The Hall–Kier alpha value is -1.95. The topological polar surface area (TPSA) is 66.8 Å². The number of hydrogen-bond acceptors (Lipinski definition) is 4. The van der Waals surface area contributed by atoms with Crippen molar-refractivity contribution in [2.75, 3.05) is 13.1 Å². The molecule has 2 aliphatic rings. The Kier molecular flexibility index (Phi) is 3.14. The van der Waals surface area contributed by atoms with Crippen LogP contribution >= 0.6 is 0 Å². The molecule has 3 heterocycles. The number of H-pyrrole nitrogens is 1. The van der Waals surface area contributed by atoms with Crippen LogP contribution in [0.5, 0.6) is 0 Å². The van der Waals surface area contributed by atoms with Gasteiger partial charge in [-0.25, -0.2) is 0 Å². The largest absolute Gasteiger partial charge is 0.362 e. The molecular weight excluding hydrogens is 278 g/mol. The van der Waals surface area contributed by atoms with Gasteiger partial charge in [0, 0.05) is 36.0 Å². The highest BCUT2D eigenvalue weighted by Crippen LogP contribution is 2.39. The lowest BCUT2D eigenvalue weighted by molar-refractivity contribution is 0.0907. The minimum atomic E-state index is 0.178. The number of hydrogen-bond donors (Lipinski definition) is 1. The van der Waals surface area contributed by atoms with Gasteiger partial charge in [-0.2, -0.15) is 0 Å². The predicted octanol–water partition coefficient (Wildman–Crippen LogP) is 1.80. The first-order valence-electron chi connectivity index (χ1n) is 7.95. The first-order chi connectivity index (χ1) is 10.6. The maximum atomic E-state index is 12.5. The van der Waals surface area contributed by atoms with Crippen LogP contribution in [-0.2, 0) is 13.1 Å². The quantitative estimate of drug-likeness (QED) is 0.874. The summed E-state index contributed by atoms with van der Waals surface area (Å²) >= 11 is 0. The summed E-state index contributed by atoms with van der Waals surface area (Å²) in [6.07, 6.45) is 2.49. The predicted molar refractivity (Wildman–Crippen MR) is 81.9 cm³/mol. The number of rotatable bonds is 4. The summed E-state index contributed by atoms with van der Waals surface area (Å²) in [5, 5.41) is 8.67. The van der Waals surface area contributed by atoms with Gasteiger partial charge in [-0.3, -0.25) is 9.69 Å². The van der Waals surface area contributed by atoms with Gasteiger partial charge >= 0.3 is 0 Å². The van der Waals surface area contributed by atoms with Crippen molar-refractivity contribution in [1.82, 2.24) is 24.6 Å². The van der Waals surface area contributed by atoms with Gasteiger partial charge in [-0.1, -0.05) is 0 Å². The zero-order chi connectivity index (χ0) is 15.3. The highest BCUT2D eigenvalue weighted by atomic mass is 16.1. The molecule has 4 rings (SSSR count). The summed E-state index contributed by atoms with van der Waals surface area (Å²) in [6.45, 7) is 6.88. The van der Waals surface area contributed by atoms with Crippen molar-refractivity contribution in [3.63, 3.8) is 0 Å². The van der Waals surface area contributed by atoms with Crippen LogP contribution in [0.4, 0.5) is 0 Å². The van der Waals surface area contributed by atoms with Crippen molar-refractivity contribution < 1.29 is 4.79 Å². The van der Waals surface area contributed by atoms with Crippen LogP contribution in [0.2, 0.25) is 0 Å². The molecule has 0 aromatic carbocycles. The van der Waals surface area contributed by atoms with Crippen LogP contribution in [0.25, 0.3) is 0 Å². The van der Waals surface area contributed by atoms with Gasteiger partial charge in [0.1, 0.15) is 11.6 Å². The number of aromatic amines is 1. The van der Waals surface area contributed by atoms with E-state index in [1.54, 1.807) is 0 Å². The van der Waals surface area contributed by atoms with Crippen molar-refractivity contribution in [1.29, 1.82) is 0 Å². The molecule has 0 unspecified atom stereocenters. The second-order valence-corrected chi connectivity index (χ2v) is 6.53. The van der Waals surface area contributed by atoms with E-state index in [-0.39, 0.29) is 5.78 Å². The fourth-order valence-electron chi connectivity index (χ4n) is 3.31. The van der Waals surface area contributed by atoms with Crippen molar-refractivity contribution in [3.05, 3.63) is 34.7 Å². The number of ketones is 1. The number of nitrogens with one attached hydrogen (secondary N) is 1. The van der Waals surface area contributed by atoms with Crippen LogP contribution in [0.1, 0.15) is 52.2 Å². The number of carbonyl (C=O) groups excluding carboxylic acids is 1. The number of fused-ring (bicyclic) bond motifs is 1. The Morgan fingerprint density at radius 2 is 2.14 bits per heavy atom. The highest BCUT2D eigenvalue weighted by Gasteiger charge is 2.32. The summed E-state index contributed by atoms with van der Waals surface area (Å²) in [6, 6.07) is 1.94. The standard InChI is InChI=1S/C16H21N5O/c1-10-7-13(11(2)17-10)14(22)8-20-5-6-21-15(9-20)18-19-16(21)12-3-4-12/h7,12,17H,3-6,8-9H2,1-2H3. The zero-order valence-corrected chi connectivity index (χ0v) is 13.1. The van der Waals surface area contributed by atoms with E-state index < -0.39 is 0 Å². The SMILES string of the molecule is Cc1cc(C(=O)CN2CCn3c(nnc3C3CC3)C2)c(C)[nH]1. The molecule has 0 atom stereocenters. The summed E-state index contributed by atoms with van der Waals surface area (Å²) in [5.74, 6) is 2.96. The van der Waals surface area contributed by atoms with E-state index in [9.17, 15) is 4.79 Å². The van der Waals surface area contributed by atoms with Crippen LogP contribution in [0, 0.1) is 13.8 Å². The Morgan fingerprint density at radius 1 is 1.32 bits per heavy atom. The Balaban J connectivity index is 1.46. The molecule has 116 valence electrons. The maximum absolute atomic E-state index is 12.5. The summed E-state index contributed by atoms with van der Waals surface area (Å²) in [5.41, 5.74) is 2.80. The fourth-order valence-corrected chi connectivity index (χ4v) is 3.31. The van der Waals surface area contributed by atoms with E-state index >= 15 is 0 Å². The van der Waals surface area contributed by atoms with E-state index in [1.807, 2.05) is 19.9 Å². The van der Waals surface area contributed by atoms with Crippen LogP contribution in [0.15, 0.2) is 6.07 Å². The Bertz CT molecular complexity index is 725. The smallest absolute Gasteiger partial charge is 0.178 e. The Morgan fingerprint density at radius 3 is 2.82 bits per heavy atom. The summed E-state index contributed by atoms with van der Waals surface area (Å²) < 4.78 is 2.25. The van der Waals surface area contributed by atoms with Crippen LogP contribution in [-0.4, -0.2) is 43.5 Å². The number of carbonyl (C=O) groups is 1. The highest BCUT2D eigenvalue weighted by molar-refractivity contribution is 5.98. The fraction of sp³-hybridized carbons (Fsp3) is 0.562. The second-order valence-electron chi connectivity index (χ2n) is 6.53. The van der Waals surface area contributed by atoms with Gasteiger partial charge in [0.2, 0.25) is 0 Å². The first-order valence-corrected chi connectivity index (χ1v) is 7.95. The second kappa shape index (κ2) is 5.05. The van der Waals surface area contributed by atoms with E-state index in [0.717, 1.165) is 41.7 Å². The van der Waals surface area contributed by atoms with E-state index in [2.05, 4.69) is 24.6 Å². The van der Waals surface area contributed by atoms with Gasteiger partial charge in [-0.05, 0) is 32.8 Å². The molecule has 6 heteroatoms. The van der Waals surface area contributed by atoms with Gasteiger partial charge in [0.05, 0.1) is 13.1 Å². The van der Waals surface area contributed by atoms with Gasteiger partial charge in [0.25, 0.3) is 0 Å². The van der Waals surface area contributed by atoms with E-state index in [1.165, 1.54) is 12.8 Å². The van der Waals surface area contributed by atoms with Crippen molar-refractivity contribution in [2.45, 2.75) is 45.7 Å². The lowest BCUT2D eigenvalue weighted by atomic mass is 10.1. The third-order valence-corrected chi connectivity index (χ3v) is 4.62. The molecule has 0 amide bonds. The maximum Gasteiger partial charge on any atom is 0.178 e. The van der Waals surface area contributed by atoms with E-state index in [4.69, 9.17) is 0 Å². The lowest BCUT2D eigenvalue weighted by Gasteiger charge is -2.27. The Labute approximate surface area is 129 Å². The molecule has 1 aliphatic heterocycles. The van der Waals surface area contributed by atoms with Gasteiger partial charge < -0.3 is 9.55 Å². The molecule has 2 aromatic rings. The number of aryl methyl sites for hydroxylation is 2. The van der Waals surface area contributed by atoms with Crippen LogP contribution < -0.4 is 0 Å². The third-order valence-electron chi connectivity index (χ3n) is 4.62. The molecule has 6 nitrogen and oxygen atoms in total.